The van der Waals surface area contributed by atoms with Gasteiger partial charge in [-0.3, -0.25) is 4.79 Å². The van der Waals surface area contributed by atoms with E-state index in [1.165, 1.54) is 0 Å². The summed E-state index contributed by atoms with van der Waals surface area (Å²) < 4.78 is -1.84. The molecule has 2 rings (SSSR count). The smallest absolute Gasteiger partial charge is 0.252 e. The van der Waals surface area contributed by atoms with Gasteiger partial charge in [0.15, 0.2) is 5.11 Å². The molecule has 1 amide bonds. The van der Waals surface area contributed by atoms with Crippen molar-refractivity contribution >= 4 is 75.3 Å². The molecule has 0 saturated heterocycles. The van der Waals surface area contributed by atoms with Gasteiger partial charge in [-0.25, -0.2) is 0 Å². The predicted molar refractivity (Wildman–Crippen MR) is 109 cm³/mol. The van der Waals surface area contributed by atoms with Crippen molar-refractivity contribution in [2.75, 3.05) is 5.32 Å². The summed E-state index contributed by atoms with van der Waals surface area (Å²) in [5.41, 5.74) is 1.01. The first-order valence-electron chi connectivity index (χ1n) is 7.02. The summed E-state index contributed by atoms with van der Waals surface area (Å²) in [6.45, 7) is 0. The number of rotatable bonds is 4. The van der Waals surface area contributed by atoms with E-state index in [-0.39, 0.29) is 5.11 Å². The molecule has 0 heterocycles. The maximum Gasteiger partial charge on any atom is 0.252 e. The molecule has 0 aliphatic carbocycles. The van der Waals surface area contributed by atoms with Gasteiger partial charge in [0.05, 0.1) is 10.7 Å². The van der Waals surface area contributed by atoms with Gasteiger partial charge < -0.3 is 16.0 Å². The lowest BCUT2D eigenvalue weighted by Crippen LogP contribution is -2.56. The van der Waals surface area contributed by atoms with Crippen LogP contribution in [0.1, 0.15) is 10.4 Å². The number of alkyl halides is 3. The minimum absolute atomic E-state index is 0.137. The lowest BCUT2D eigenvalue weighted by atomic mass is 10.2. The van der Waals surface area contributed by atoms with Crippen molar-refractivity contribution in [3.8, 4) is 0 Å². The molecule has 1 atom stereocenters. The highest BCUT2D eigenvalue weighted by molar-refractivity contribution is 7.80. The van der Waals surface area contributed by atoms with E-state index in [0.717, 1.165) is 0 Å². The number of anilines is 1. The second-order valence-corrected chi connectivity index (χ2v) is 8.08. The van der Waals surface area contributed by atoms with E-state index in [9.17, 15) is 4.79 Å². The molecule has 0 aliphatic rings. The molecule has 2 aromatic rings. The molecule has 132 valence electrons. The highest BCUT2D eigenvalue weighted by Crippen LogP contribution is 2.29. The SMILES string of the molecule is O=C(N[C@H](NC(=S)Nc1ccccc1Cl)C(Cl)(Cl)Cl)c1ccccc1. The van der Waals surface area contributed by atoms with Crippen molar-refractivity contribution in [3.63, 3.8) is 0 Å². The molecule has 9 heteroatoms. The third-order valence-electron chi connectivity index (χ3n) is 3.04. The number of para-hydroxylation sites is 1. The molecular formula is C16H13Cl4N3OS. The standard InChI is InChI=1S/C16H13Cl4N3OS/c17-11-8-4-5-9-12(11)21-15(25)23-14(16(18,19)20)22-13(24)10-6-2-1-3-7-10/h1-9,14H,(H,22,24)(H2,21,23,25)/t14-/m1/s1. The largest absolute Gasteiger partial charge is 0.339 e. The van der Waals surface area contributed by atoms with Crippen LogP contribution < -0.4 is 16.0 Å². The van der Waals surface area contributed by atoms with E-state index in [1.54, 1.807) is 54.6 Å². The highest BCUT2D eigenvalue weighted by Gasteiger charge is 2.34. The fraction of sp³-hybridized carbons (Fsp3) is 0.125. The van der Waals surface area contributed by atoms with E-state index < -0.39 is 15.9 Å². The van der Waals surface area contributed by atoms with Crippen LogP contribution in [-0.2, 0) is 0 Å². The van der Waals surface area contributed by atoms with E-state index in [0.29, 0.717) is 16.3 Å². The number of benzene rings is 2. The number of nitrogens with one attached hydrogen (secondary N) is 3. The Morgan fingerprint density at radius 3 is 2.16 bits per heavy atom. The van der Waals surface area contributed by atoms with Gasteiger partial charge in [0.25, 0.3) is 5.91 Å². The van der Waals surface area contributed by atoms with Crippen LogP contribution >= 0.6 is 58.6 Å². The second-order valence-electron chi connectivity index (χ2n) is 4.89. The fourth-order valence-electron chi connectivity index (χ4n) is 1.86. The Morgan fingerprint density at radius 2 is 1.56 bits per heavy atom. The third-order valence-corrected chi connectivity index (χ3v) is 4.24. The normalized spacial score (nSPS) is 12.2. The summed E-state index contributed by atoms with van der Waals surface area (Å²) in [4.78, 5) is 12.3. The van der Waals surface area contributed by atoms with E-state index in [4.69, 9.17) is 58.6 Å². The number of halogens is 4. The monoisotopic (exact) mass is 435 g/mol. The van der Waals surface area contributed by atoms with Crippen LogP contribution in [0.15, 0.2) is 54.6 Å². The van der Waals surface area contributed by atoms with Crippen molar-refractivity contribution < 1.29 is 4.79 Å². The van der Waals surface area contributed by atoms with Gasteiger partial charge in [0.1, 0.15) is 6.17 Å². The summed E-state index contributed by atoms with van der Waals surface area (Å²) in [6.07, 6.45) is -1.06. The van der Waals surface area contributed by atoms with Crippen LogP contribution in [0, 0.1) is 0 Å². The van der Waals surface area contributed by atoms with Crippen molar-refractivity contribution in [2.24, 2.45) is 0 Å². The quantitative estimate of drug-likeness (QED) is 0.367. The Kier molecular flexibility index (Phi) is 7.16. The molecule has 0 fully saturated rings. The number of hydrogen-bond donors (Lipinski definition) is 3. The van der Waals surface area contributed by atoms with E-state index >= 15 is 0 Å². The molecule has 0 radical (unpaired) electrons. The van der Waals surface area contributed by atoms with Gasteiger partial charge in [-0.1, -0.05) is 76.7 Å². The molecule has 2 aromatic carbocycles. The first-order chi connectivity index (χ1) is 11.8. The van der Waals surface area contributed by atoms with Crippen molar-refractivity contribution in [3.05, 3.63) is 65.2 Å². The first-order valence-corrected chi connectivity index (χ1v) is 8.94. The molecule has 0 unspecified atom stereocenters. The summed E-state index contributed by atoms with van der Waals surface area (Å²) in [6, 6.07) is 15.6. The Hall–Kier alpha value is -1.24. The molecule has 0 aromatic heterocycles. The first kappa shape index (κ1) is 20.1. The molecular weight excluding hydrogens is 424 g/mol. The molecule has 0 saturated carbocycles. The number of carbonyl (C=O) groups excluding carboxylic acids is 1. The fourth-order valence-corrected chi connectivity index (χ4v) is 2.59. The van der Waals surface area contributed by atoms with Crippen LogP contribution in [0.4, 0.5) is 5.69 Å². The average molecular weight is 437 g/mol. The Balaban J connectivity index is 2.06. The van der Waals surface area contributed by atoms with E-state index in [2.05, 4.69) is 16.0 Å². The second kappa shape index (κ2) is 8.92. The lowest BCUT2D eigenvalue weighted by molar-refractivity contribution is 0.0934. The Labute approximate surface area is 170 Å². The number of carbonyl (C=O) groups is 1. The minimum Gasteiger partial charge on any atom is -0.339 e. The zero-order valence-corrected chi connectivity index (χ0v) is 16.4. The Morgan fingerprint density at radius 1 is 0.960 bits per heavy atom. The predicted octanol–water partition coefficient (Wildman–Crippen LogP) is 4.75. The number of hydrogen-bond acceptors (Lipinski definition) is 2. The van der Waals surface area contributed by atoms with Crippen LogP contribution in [0.25, 0.3) is 0 Å². The minimum atomic E-state index is -1.84. The van der Waals surface area contributed by atoms with E-state index in [1.807, 2.05) is 0 Å². The molecule has 0 bridgehead atoms. The van der Waals surface area contributed by atoms with Crippen LogP contribution in [0.2, 0.25) is 5.02 Å². The molecule has 25 heavy (non-hydrogen) atoms. The molecule has 4 nitrogen and oxygen atoms in total. The summed E-state index contributed by atoms with van der Waals surface area (Å²) in [7, 11) is 0. The molecule has 0 aliphatic heterocycles. The molecule has 3 N–H and O–H groups in total. The van der Waals surface area contributed by atoms with Crippen LogP contribution in [-0.4, -0.2) is 21.0 Å². The number of amides is 1. The average Bonchev–Trinajstić information content (AvgIpc) is 2.56. The van der Waals surface area contributed by atoms with Crippen LogP contribution in [0.5, 0.6) is 0 Å². The Bertz CT molecular complexity index is 753. The van der Waals surface area contributed by atoms with Crippen LogP contribution in [0.3, 0.4) is 0 Å². The van der Waals surface area contributed by atoms with Gasteiger partial charge in [-0.2, -0.15) is 0 Å². The number of thiocarbonyl (C=S) groups is 1. The van der Waals surface area contributed by atoms with Gasteiger partial charge in [-0.05, 0) is 36.5 Å². The third kappa shape index (κ3) is 6.20. The van der Waals surface area contributed by atoms with Gasteiger partial charge in [0.2, 0.25) is 3.79 Å². The van der Waals surface area contributed by atoms with Crippen molar-refractivity contribution in [1.29, 1.82) is 0 Å². The summed E-state index contributed by atoms with van der Waals surface area (Å²) in [5.74, 6) is -0.412. The summed E-state index contributed by atoms with van der Waals surface area (Å²) >= 11 is 29.1. The van der Waals surface area contributed by atoms with Crippen molar-refractivity contribution in [1.82, 2.24) is 10.6 Å². The highest BCUT2D eigenvalue weighted by atomic mass is 35.6. The van der Waals surface area contributed by atoms with Gasteiger partial charge in [-0.15, -0.1) is 0 Å². The van der Waals surface area contributed by atoms with Crippen molar-refractivity contribution in [2.45, 2.75) is 9.96 Å². The molecule has 0 spiro atoms. The maximum absolute atomic E-state index is 12.3. The zero-order valence-electron chi connectivity index (χ0n) is 12.6. The van der Waals surface area contributed by atoms with Gasteiger partial charge in [0, 0.05) is 5.56 Å². The zero-order chi connectivity index (χ0) is 18.4. The maximum atomic E-state index is 12.3. The van der Waals surface area contributed by atoms with Gasteiger partial charge >= 0.3 is 0 Å². The topological polar surface area (TPSA) is 53.2 Å². The lowest BCUT2D eigenvalue weighted by Gasteiger charge is -2.28. The summed E-state index contributed by atoms with van der Waals surface area (Å²) in [5, 5.41) is 8.87.